The number of hydrogen-bond acceptors (Lipinski definition) is 4. The second-order valence-corrected chi connectivity index (χ2v) is 4.28. The first-order valence-electron chi connectivity index (χ1n) is 4.96. The number of carbonyl (C=O) groups excluding carboxylic acids is 1. The molecule has 0 saturated carbocycles. The molecule has 0 bridgehead atoms. The van der Waals surface area contributed by atoms with Crippen LogP contribution >= 0.6 is 0 Å². The molecule has 2 atom stereocenters. The van der Waals surface area contributed by atoms with Crippen molar-refractivity contribution in [2.75, 3.05) is 7.11 Å². The van der Waals surface area contributed by atoms with E-state index in [2.05, 4.69) is 4.74 Å². The molecule has 1 saturated heterocycles. The van der Waals surface area contributed by atoms with Gasteiger partial charge in [0.15, 0.2) is 0 Å². The van der Waals surface area contributed by atoms with Gasteiger partial charge in [-0.15, -0.1) is 0 Å². The fraction of sp³-hybridized carbons (Fsp3) is 0.900. The number of methoxy groups -OCH3 is 1. The van der Waals surface area contributed by atoms with E-state index in [4.69, 9.17) is 10.5 Å². The second-order valence-electron chi connectivity index (χ2n) is 4.28. The molecular weight excluding hydrogens is 182 g/mol. The van der Waals surface area contributed by atoms with Crippen molar-refractivity contribution in [2.45, 2.75) is 50.9 Å². The quantitative estimate of drug-likeness (QED) is 0.672. The van der Waals surface area contributed by atoms with Crippen molar-refractivity contribution >= 4 is 5.97 Å². The van der Waals surface area contributed by atoms with Gasteiger partial charge in [0.2, 0.25) is 0 Å². The SMILES string of the molecule is COC(=O)CC1(N)CC(C)OC(C)C1. The maximum atomic E-state index is 11.2. The van der Waals surface area contributed by atoms with E-state index in [1.807, 2.05) is 13.8 Å². The summed E-state index contributed by atoms with van der Waals surface area (Å²) in [7, 11) is 1.39. The molecule has 2 unspecified atom stereocenters. The first-order valence-corrected chi connectivity index (χ1v) is 4.96. The van der Waals surface area contributed by atoms with Crippen LogP contribution in [0.3, 0.4) is 0 Å². The zero-order valence-corrected chi connectivity index (χ0v) is 9.08. The van der Waals surface area contributed by atoms with E-state index in [1.165, 1.54) is 7.11 Å². The van der Waals surface area contributed by atoms with Gasteiger partial charge in [0.05, 0.1) is 25.7 Å². The van der Waals surface area contributed by atoms with Gasteiger partial charge in [-0.3, -0.25) is 4.79 Å². The minimum atomic E-state index is -0.454. The highest BCUT2D eigenvalue weighted by molar-refractivity contribution is 5.70. The van der Waals surface area contributed by atoms with Crippen LogP contribution in [0.25, 0.3) is 0 Å². The van der Waals surface area contributed by atoms with Gasteiger partial charge in [-0.05, 0) is 26.7 Å². The highest BCUT2D eigenvalue weighted by Gasteiger charge is 2.37. The molecule has 0 spiro atoms. The topological polar surface area (TPSA) is 61.5 Å². The maximum absolute atomic E-state index is 11.2. The summed E-state index contributed by atoms with van der Waals surface area (Å²) in [4.78, 5) is 11.2. The summed E-state index contributed by atoms with van der Waals surface area (Å²) >= 11 is 0. The summed E-state index contributed by atoms with van der Waals surface area (Å²) in [6, 6.07) is 0. The highest BCUT2D eigenvalue weighted by Crippen LogP contribution is 2.29. The van der Waals surface area contributed by atoms with Crippen molar-refractivity contribution in [1.29, 1.82) is 0 Å². The number of nitrogens with two attached hydrogens (primary N) is 1. The zero-order valence-electron chi connectivity index (χ0n) is 9.08. The van der Waals surface area contributed by atoms with Crippen LogP contribution in [0.15, 0.2) is 0 Å². The third-order valence-corrected chi connectivity index (χ3v) is 2.58. The molecule has 0 radical (unpaired) electrons. The molecule has 0 aromatic carbocycles. The molecule has 0 aromatic heterocycles. The molecule has 4 heteroatoms. The molecule has 1 aliphatic rings. The van der Waals surface area contributed by atoms with Crippen LogP contribution in [-0.4, -0.2) is 30.8 Å². The zero-order chi connectivity index (χ0) is 10.8. The van der Waals surface area contributed by atoms with Crippen LogP contribution in [0, 0.1) is 0 Å². The van der Waals surface area contributed by atoms with Crippen molar-refractivity contribution in [3.8, 4) is 0 Å². The molecule has 82 valence electrons. The molecule has 0 aliphatic carbocycles. The van der Waals surface area contributed by atoms with Gasteiger partial charge in [0, 0.05) is 5.54 Å². The molecule has 0 amide bonds. The van der Waals surface area contributed by atoms with Gasteiger partial charge in [0.25, 0.3) is 0 Å². The lowest BCUT2D eigenvalue weighted by molar-refractivity contribution is -0.144. The highest BCUT2D eigenvalue weighted by atomic mass is 16.5. The lowest BCUT2D eigenvalue weighted by atomic mass is 9.82. The molecule has 1 aliphatic heterocycles. The Labute approximate surface area is 84.7 Å². The Hall–Kier alpha value is -0.610. The summed E-state index contributed by atoms with van der Waals surface area (Å²) in [6.07, 6.45) is 1.95. The molecule has 14 heavy (non-hydrogen) atoms. The number of carbonyl (C=O) groups is 1. The Morgan fingerprint density at radius 2 is 2.00 bits per heavy atom. The first-order chi connectivity index (χ1) is 6.45. The second kappa shape index (κ2) is 4.28. The van der Waals surface area contributed by atoms with E-state index < -0.39 is 5.54 Å². The van der Waals surface area contributed by atoms with E-state index in [9.17, 15) is 4.79 Å². The normalized spacial score (nSPS) is 38.0. The van der Waals surface area contributed by atoms with Crippen LogP contribution in [0.1, 0.15) is 33.1 Å². The number of rotatable bonds is 2. The molecule has 0 aromatic rings. The van der Waals surface area contributed by atoms with E-state index in [1.54, 1.807) is 0 Å². The van der Waals surface area contributed by atoms with Crippen LogP contribution < -0.4 is 5.73 Å². The average molecular weight is 201 g/mol. The van der Waals surface area contributed by atoms with Crippen molar-refractivity contribution in [3.05, 3.63) is 0 Å². The van der Waals surface area contributed by atoms with Gasteiger partial charge in [-0.2, -0.15) is 0 Å². The van der Waals surface area contributed by atoms with E-state index in [0.717, 1.165) is 0 Å². The summed E-state index contributed by atoms with van der Waals surface area (Å²) < 4.78 is 10.2. The van der Waals surface area contributed by atoms with Crippen LogP contribution in [0.4, 0.5) is 0 Å². The Balaban J connectivity index is 2.58. The van der Waals surface area contributed by atoms with Crippen LogP contribution in [-0.2, 0) is 14.3 Å². The predicted octanol–water partition coefficient (Wildman–Crippen LogP) is 0.834. The first kappa shape index (κ1) is 11.5. The van der Waals surface area contributed by atoms with Crippen LogP contribution in [0.2, 0.25) is 0 Å². The molecular formula is C10H19NO3. The Kier molecular flexibility index (Phi) is 3.50. The molecule has 1 fully saturated rings. The molecule has 4 nitrogen and oxygen atoms in total. The van der Waals surface area contributed by atoms with Gasteiger partial charge in [0.1, 0.15) is 0 Å². The standard InChI is InChI=1S/C10H19NO3/c1-7-4-10(11,5-8(2)14-7)6-9(12)13-3/h7-8H,4-6,11H2,1-3H3. The summed E-state index contributed by atoms with van der Waals surface area (Å²) in [5.74, 6) is -0.242. The third kappa shape index (κ3) is 2.96. The Morgan fingerprint density at radius 1 is 1.50 bits per heavy atom. The minimum absolute atomic E-state index is 0.119. The monoisotopic (exact) mass is 201 g/mol. The van der Waals surface area contributed by atoms with E-state index in [-0.39, 0.29) is 24.6 Å². The van der Waals surface area contributed by atoms with Gasteiger partial charge in [-0.25, -0.2) is 0 Å². The van der Waals surface area contributed by atoms with Crippen LogP contribution in [0.5, 0.6) is 0 Å². The minimum Gasteiger partial charge on any atom is -0.469 e. The van der Waals surface area contributed by atoms with Crippen molar-refractivity contribution in [2.24, 2.45) is 5.73 Å². The Bertz CT molecular complexity index is 207. The molecule has 1 heterocycles. The van der Waals surface area contributed by atoms with Crippen molar-refractivity contribution in [1.82, 2.24) is 0 Å². The fourth-order valence-corrected chi connectivity index (χ4v) is 2.23. The fourth-order valence-electron chi connectivity index (χ4n) is 2.23. The van der Waals surface area contributed by atoms with Gasteiger partial charge in [-0.1, -0.05) is 0 Å². The maximum Gasteiger partial charge on any atom is 0.307 e. The van der Waals surface area contributed by atoms with E-state index >= 15 is 0 Å². The summed E-state index contributed by atoms with van der Waals surface area (Å²) in [5.41, 5.74) is 5.68. The van der Waals surface area contributed by atoms with Crippen molar-refractivity contribution < 1.29 is 14.3 Å². The van der Waals surface area contributed by atoms with Gasteiger partial charge >= 0.3 is 5.97 Å². The van der Waals surface area contributed by atoms with Crippen molar-refractivity contribution in [3.63, 3.8) is 0 Å². The summed E-state index contributed by atoms with van der Waals surface area (Å²) in [6.45, 7) is 3.96. The predicted molar refractivity (Wildman–Crippen MR) is 52.8 cm³/mol. The third-order valence-electron chi connectivity index (χ3n) is 2.58. The Morgan fingerprint density at radius 3 is 2.43 bits per heavy atom. The van der Waals surface area contributed by atoms with E-state index in [0.29, 0.717) is 12.8 Å². The number of ether oxygens (including phenoxy) is 2. The average Bonchev–Trinajstić information content (AvgIpc) is 2.00. The lowest BCUT2D eigenvalue weighted by Crippen LogP contribution is -2.51. The largest absolute Gasteiger partial charge is 0.469 e. The van der Waals surface area contributed by atoms with Gasteiger partial charge < -0.3 is 15.2 Å². The number of hydrogen-bond donors (Lipinski definition) is 1. The summed E-state index contributed by atoms with van der Waals surface area (Å²) in [5, 5.41) is 0. The smallest absolute Gasteiger partial charge is 0.307 e. The molecule has 1 rings (SSSR count). The molecule has 2 N–H and O–H groups in total. The lowest BCUT2D eigenvalue weighted by Gasteiger charge is -2.39. The number of esters is 1.